The van der Waals surface area contributed by atoms with Gasteiger partial charge in [0.05, 0.1) is 0 Å². The number of pyridine rings is 1. The summed E-state index contributed by atoms with van der Waals surface area (Å²) >= 11 is 1.70. The Balaban J connectivity index is 1.67. The number of hydrogen-bond donors (Lipinski definition) is 1. The molecular formula is C16H16N2O3S. The van der Waals surface area contributed by atoms with Crippen molar-refractivity contribution in [2.75, 3.05) is 13.1 Å². The number of rotatable bonds is 3. The van der Waals surface area contributed by atoms with Crippen LogP contribution >= 0.6 is 11.3 Å². The lowest BCUT2D eigenvalue weighted by molar-refractivity contribution is 0.0690. The Morgan fingerprint density at radius 3 is 2.68 bits per heavy atom. The highest BCUT2D eigenvalue weighted by Crippen LogP contribution is 2.29. The van der Waals surface area contributed by atoms with E-state index in [9.17, 15) is 9.59 Å². The number of hydrogen-bond acceptors (Lipinski definition) is 4. The Labute approximate surface area is 132 Å². The zero-order valence-electron chi connectivity index (χ0n) is 11.9. The lowest BCUT2D eigenvalue weighted by atomic mass is 9.91. The molecule has 22 heavy (non-hydrogen) atoms. The predicted octanol–water partition coefficient (Wildman–Crippen LogP) is 2.86. The van der Waals surface area contributed by atoms with E-state index < -0.39 is 5.97 Å². The minimum Gasteiger partial charge on any atom is -0.477 e. The Morgan fingerprint density at radius 2 is 2.05 bits per heavy atom. The number of carboxylic acid groups (broad SMARTS) is 1. The molecule has 1 N–H and O–H groups in total. The maximum absolute atomic E-state index is 12.5. The fraction of sp³-hybridized carbons (Fsp3) is 0.312. The van der Waals surface area contributed by atoms with E-state index in [4.69, 9.17) is 5.11 Å². The van der Waals surface area contributed by atoms with Gasteiger partial charge in [-0.05, 0) is 53.3 Å². The van der Waals surface area contributed by atoms with Crippen LogP contribution in [0.5, 0.6) is 0 Å². The van der Waals surface area contributed by atoms with Crippen molar-refractivity contribution in [3.05, 3.63) is 52.0 Å². The maximum atomic E-state index is 12.5. The molecule has 0 spiro atoms. The summed E-state index contributed by atoms with van der Waals surface area (Å²) in [6, 6.07) is 5.06. The van der Waals surface area contributed by atoms with Gasteiger partial charge in [-0.15, -0.1) is 0 Å². The van der Waals surface area contributed by atoms with Crippen LogP contribution in [-0.4, -0.2) is 40.0 Å². The number of carbonyl (C=O) groups is 2. The molecule has 0 unspecified atom stereocenters. The van der Waals surface area contributed by atoms with Gasteiger partial charge in [-0.3, -0.25) is 4.79 Å². The molecule has 1 saturated heterocycles. The molecule has 0 saturated carbocycles. The van der Waals surface area contributed by atoms with E-state index in [1.807, 2.05) is 0 Å². The lowest BCUT2D eigenvalue weighted by Gasteiger charge is -2.31. The largest absolute Gasteiger partial charge is 0.477 e. The van der Waals surface area contributed by atoms with E-state index in [1.165, 1.54) is 17.8 Å². The van der Waals surface area contributed by atoms with Crippen molar-refractivity contribution in [3.63, 3.8) is 0 Å². The number of amides is 1. The number of likely N-dealkylation sites (tertiary alicyclic amines) is 1. The van der Waals surface area contributed by atoms with E-state index in [1.54, 1.807) is 22.3 Å². The minimum atomic E-state index is -1.12. The zero-order valence-corrected chi connectivity index (χ0v) is 12.8. The van der Waals surface area contributed by atoms with Gasteiger partial charge in [-0.1, -0.05) is 0 Å². The zero-order chi connectivity index (χ0) is 15.5. The second kappa shape index (κ2) is 6.27. The molecule has 2 aromatic rings. The van der Waals surface area contributed by atoms with Gasteiger partial charge in [0, 0.05) is 24.8 Å². The summed E-state index contributed by atoms with van der Waals surface area (Å²) in [6.45, 7) is 1.40. The number of aromatic nitrogens is 1. The number of thiophene rings is 1. The van der Waals surface area contributed by atoms with Gasteiger partial charge in [0.15, 0.2) is 0 Å². The van der Waals surface area contributed by atoms with Crippen molar-refractivity contribution in [2.24, 2.45) is 0 Å². The van der Waals surface area contributed by atoms with Crippen LogP contribution in [-0.2, 0) is 0 Å². The third kappa shape index (κ3) is 3.01. The van der Waals surface area contributed by atoms with Crippen LogP contribution in [0, 0.1) is 0 Å². The summed E-state index contributed by atoms with van der Waals surface area (Å²) in [5, 5.41) is 13.2. The maximum Gasteiger partial charge on any atom is 0.354 e. The lowest BCUT2D eigenvalue weighted by Crippen LogP contribution is -2.38. The standard InChI is InChI=1S/C16H16N2O3S/c19-15(12-1-5-17-14(9-12)16(20)21)18-6-2-11(3-7-18)13-4-8-22-10-13/h1,4-5,8-11H,2-3,6-7H2,(H,20,21). The topological polar surface area (TPSA) is 70.5 Å². The van der Waals surface area contributed by atoms with Crippen molar-refractivity contribution >= 4 is 23.2 Å². The van der Waals surface area contributed by atoms with Crippen LogP contribution in [0.25, 0.3) is 0 Å². The van der Waals surface area contributed by atoms with E-state index >= 15 is 0 Å². The summed E-state index contributed by atoms with van der Waals surface area (Å²) in [6.07, 6.45) is 3.26. The van der Waals surface area contributed by atoms with E-state index in [0.717, 1.165) is 12.8 Å². The highest BCUT2D eigenvalue weighted by Gasteiger charge is 2.25. The van der Waals surface area contributed by atoms with Gasteiger partial charge in [0.25, 0.3) is 5.91 Å². The van der Waals surface area contributed by atoms with Crippen molar-refractivity contribution in [1.82, 2.24) is 9.88 Å². The molecule has 1 amide bonds. The number of carbonyl (C=O) groups excluding carboxylic acids is 1. The van der Waals surface area contributed by atoms with Gasteiger partial charge in [0.2, 0.25) is 0 Å². The summed E-state index contributed by atoms with van der Waals surface area (Å²) in [5.41, 5.74) is 1.65. The molecule has 0 bridgehead atoms. The average Bonchev–Trinajstić information content (AvgIpc) is 3.09. The van der Waals surface area contributed by atoms with E-state index in [0.29, 0.717) is 24.6 Å². The normalized spacial score (nSPS) is 15.7. The van der Waals surface area contributed by atoms with Crippen molar-refractivity contribution in [3.8, 4) is 0 Å². The van der Waals surface area contributed by atoms with Crippen LogP contribution < -0.4 is 0 Å². The first-order valence-electron chi connectivity index (χ1n) is 7.16. The first-order valence-corrected chi connectivity index (χ1v) is 8.10. The molecule has 0 atom stereocenters. The molecule has 0 aliphatic carbocycles. The Bertz CT molecular complexity index is 676. The smallest absolute Gasteiger partial charge is 0.354 e. The predicted molar refractivity (Wildman–Crippen MR) is 83.4 cm³/mol. The van der Waals surface area contributed by atoms with Crippen molar-refractivity contribution in [2.45, 2.75) is 18.8 Å². The highest BCUT2D eigenvalue weighted by molar-refractivity contribution is 7.07. The van der Waals surface area contributed by atoms with E-state index in [-0.39, 0.29) is 11.6 Å². The summed E-state index contributed by atoms with van der Waals surface area (Å²) < 4.78 is 0. The molecule has 0 radical (unpaired) electrons. The third-order valence-electron chi connectivity index (χ3n) is 4.02. The molecular weight excluding hydrogens is 300 g/mol. The molecule has 1 aliphatic heterocycles. The van der Waals surface area contributed by atoms with Crippen molar-refractivity contribution < 1.29 is 14.7 Å². The Kier molecular flexibility index (Phi) is 4.20. The number of piperidine rings is 1. The quantitative estimate of drug-likeness (QED) is 0.945. The molecule has 2 aromatic heterocycles. The second-order valence-electron chi connectivity index (χ2n) is 5.36. The molecule has 0 aromatic carbocycles. The average molecular weight is 316 g/mol. The van der Waals surface area contributed by atoms with Crippen molar-refractivity contribution in [1.29, 1.82) is 0 Å². The van der Waals surface area contributed by atoms with Gasteiger partial charge in [-0.2, -0.15) is 11.3 Å². The Morgan fingerprint density at radius 1 is 1.27 bits per heavy atom. The van der Waals surface area contributed by atoms with Gasteiger partial charge < -0.3 is 10.0 Å². The Hall–Kier alpha value is -2.21. The summed E-state index contributed by atoms with van der Waals surface area (Å²) in [5.74, 6) is -0.721. The minimum absolute atomic E-state index is 0.0981. The van der Waals surface area contributed by atoms with Gasteiger partial charge in [0.1, 0.15) is 5.69 Å². The SMILES string of the molecule is O=C(O)c1cc(C(=O)N2CCC(c3ccsc3)CC2)ccn1. The summed E-state index contributed by atoms with van der Waals surface area (Å²) in [7, 11) is 0. The molecule has 1 aliphatic rings. The molecule has 114 valence electrons. The van der Waals surface area contributed by atoms with E-state index in [2.05, 4.69) is 21.8 Å². The van der Waals surface area contributed by atoms with Crippen LogP contribution in [0.2, 0.25) is 0 Å². The molecule has 1 fully saturated rings. The van der Waals surface area contributed by atoms with Gasteiger partial charge in [-0.25, -0.2) is 9.78 Å². The first-order chi connectivity index (χ1) is 10.6. The first kappa shape index (κ1) is 14.7. The monoisotopic (exact) mass is 316 g/mol. The molecule has 5 nitrogen and oxygen atoms in total. The fourth-order valence-electron chi connectivity index (χ4n) is 2.79. The van der Waals surface area contributed by atoms with Crippen LogP contribution in [0.3, 0.4) is 0 Å². The fourth-order valence-corrected chi connectivity index (χ4v) is 3.53. The molecule has 3 rings (SSSR count). The number of aromatic carboxylic acids is 1. The van der Waals surface area contributed by atoms with Crippen LogP contribution in [0.4, 0.5) is 0 Å². The molecule has 3 heterocycles. The number of nitrogens with zero attached hydrogens (tertiary/aromatic N) is 2. The summed E-state index contributed by atoms with van der Waals surface area (Å²) in [4.78, 5) is 29.0. The molecule has 6 heteroatoms. The van der Waals surface area contributed by atoms with Gasteiger partial charge >= 0.3 is 5.97 Å². The second-order valence-corrected chi connectivity index (χ2v) is 6.14. The number of carboxylic acids is 1. The van der Waals surface area contributed by atoms with Crippen LogP contribution in [0.15, 0.2) is 35.2 Å². The highest BCUT2D eigenvalue weighted by atomic mass is 32.1. The van der Waals surface area contributed by atoms with Crippen LogP contribution in [0.1, 0.15) is 45.2 Å². The third-order valence-corrected chi connectivity index (χ3v) is 4.72.